The van der Waals surface area contributed by atoms with Gasteiger partial charge in [-0.15, -0.1) is 47.0 Å². The summed E-state index contributed by atoms with van der Waals surface area (Å²) in [6, 6.07) is 0. The van der Waals surface area contributed by atoms with Gasteiger partial charge in [-0.1, -0.05) is 25.5 Å². The molecule has 2 heterocycles. The molecule has 2 aliphatic heterocycles. The fraction of sp³-hybridized carbons (Fsp3) is 0.913. The first-order valence-electron chi connectivity index (χ1n) is 11.3. The summed E-state index contributed by atoms with van der Waals surface area (Å²) in [5.41, 5.74) is 3.04. The van der Waals surface area contributed by atoms with Crippen molar-refractivity contribution in [1.82, 2.24) is 0 Å². The van der Waals surface area contributed by atoms with Crippen LogP contribution in [-0.4, -0.2) is 31.2 Å². The third kappa shape index (κ3) is 2.48. The van der Waals surface area contributed by atoms with Crippen molar-refractivity contribution >= 4 is 47.0 Å². The molecule has 5 fully saturated rings. The maximum absolute atomic E-state index is 2.81. The second-order valence-corrected chi connectivity index (χ2v) is 16.6. The highest BCUT2D eigenvalue weighted by Crippen LogP contribution is 2.74. The van der Waals surface area contributed by atoms with Crippen molar-refractivity contribution in [3.05, 3.63) is 11.6 Å². The van der Waals surface area contributed by atoms with Gasteiger partial charge in [0.25, 0.3) is 0 Å². The van der Waals surface area contributed by atoms with E-state index in [-0.39, 0.29) is 0 Å². The van der Waals surface area contributed by atoms with Crippen LogP contribution in [0.4, 0.5) is 0 Å². The molecule has 0 radical (unpaired) electrons. The Bertz CT molecular complexity index is 659. The van der Waals surface area contributed by atoms with E-state index in [2.05, 4.69) is 67.0 Å². The van der Waals surface area contributed by atoms with Crippen molar-refractivity contribution in [2.45, 2.75) is 73.4 Å². The van der Waals surface area contributed by atoms with Crippen LogP contribution in [0.3, 0.4) is 0 Å². The summed E-state index contributed by atoms with van der Waals surface area (Å²) in [5.74, 6) is 8.57. The average molecular weight is 439 g/mol. The Morgan fingerprint density at radius 2 is 1.48 bits per heavy atom. The highest BCUT2D eigenvalue weighted by atomic mass is 32.2. The summed E-state index contributed by atoms with van der Waals surface area (Å²) in [7, 11) is 0. The molecule has 0 amide bonds. The zero-order valence-corrected chi connectivity index (χ0v) is 20.2. The molecule has 6 rings (SSSR count). The first-order chi connectivity index (χ1) is 13.0. The van der Waals surface area contributed by atoms with Crippen molar-refractivity contribution in [1.29, 1.82) is 0 Å². The molecule has 6 aliphatic rings. The number of thioether (sulfide) groups is 4. The van der Waals surface area contributed by atoms with Crippen molar-refractivity contribution in [2.24, 2.45) is 28.6 Å². The number of hydrogen-bond donors (Lipinski definition) is 0. The zero-order valence-electron chi connectivity index (χ0n) is 16.9. The third-order valence-corrected chi connectivity index (χ3v) is 17.2. The maximum Gasteiger partial charge on any atom is 0.0795 e. The van der Waals surface area contributed by atoms with E-state index in [1.165, 1.54) is 74.4 Å². The molecule has 2 spiro atoms. The topological polar surface area (TPSA) is 0 Å². The smallest absolute Gasteiger partial charge is 0.0795 e. The number of allylic oxidation sites excluding steroid dienone is 1. The first-order valence-corrected chi connectivity index (χ1v) is 15.2. The normalized spacial score (nSPS) is 49.7. The minimum absolute atomic E-state index is 0.472. The molecule has 2 saturated heterocycles. The maximum atomic E-state index is 2.81. The van der Waals surface area contributed by atoms with Crippen LogP contribution >= 0.6 is 47.0 Å². The largest absolute Gasteiger partial charge is 0.143 e. The van der Waals surface area contributed by atoms with Crippen LogP contribution in [0.5, 0.6) is 0 Å². The highest BCUT2D eigenvalue weighted by molar-refractivity contribution is 8.21. The van der Waals surface area contributed by atoms with Crippen LogP contribution < -0.4 is 0 Å². The van der Waals surface area contributed by atoms with Crippen molar-refractivity contribution in [2.75, 3.05) is 23.0 Å². The van der Waals surface area contributed by atoms with E-state index in [4.69, 9.17) is 0 Å². The summed E-state index contributed by atoms with van der Waals surface area (Å²) in [6.07, 6.45) is 14.7. The van der Waals surface area contributed by atoms with Gasteiger partial charge in [0.05, 0.1) is 8.16 Å². The van der Waals surface area contributed by atoms with Gasteiger partial charge in [-0.3, -0.25) is 0 Å². The van der Waals surface area contributed by atoms with Crippen molar-refractivity contribution < 1.29 is 0 Å². The van der Waals surface area contributed by atoms with Crippen LogP contribution in [-0.2, 0) is 0 Å². The minimum atomic E-state index is 0.472. The molecule has 4 aliphatic carbocycles. The van der Waals surface area contributed by atoms with Gasteiger partial charge < -0.3 is 0 Å². The van der Waals surface area contributed by atoms with Gasteiger partial charge in [0, 0.05) is 23.0 Å². The van der Waals surface area contributed by atoms with Gasteiger partial charge in [0.15, 0.2) is 0 Å². The Labute approximate surface area is 183 Å². The quantitative estimate of drug-likeness (QED) is 0.364. The molecule has 0 aromatic rings. The monoisotopic (exact) mass is 438 g/mol. The Morgan fingerprint density at radius 3 is 2.26 bits per heavy atom. The second-order valence-electron chi connectivity index (χ2n) is 10.5. The molecule has 27 heavy (non-hydrogen) atoms. The van der Waals surface area contributed by atoms with E-state index >= 15 is 0 Å². The summed E-state index contributed by atoms with van der Waals surface area (Å²) in [5, 5.41) is 0. The van der Waals surface area contributed by atoms with E-state index in [0.717, 1.165) is 17.8 Å². The number of hydrogen-bond acceptors (Lipinski definition) is 4. The van der Waals surface area contributed by atoms with E-state index in [1.54, 1.807) is 0 Å². The fourth-order valence-corrected chi connectivity index (χ4v) is 15.3. The van der Waals surface area contributed by atoms with Crippen LogP contribution in [0.1, 0.15) is 65.2 Å². The van der Waals surface area contributed by atoms with Crippen molar-refractivity contribution in [3.8, 4) is 0 Å². The molecule has 3 saturated carbocycles. The molecule has 5 atom stereocenters. The third-order valence-electron chi connectivity index (χ3n) is 9.70. The first kappa shape index (κ1) is 18.9. The van der Waals surface area contributed by atoms with E-state index < -0.39 is 0 Å². The lowest BCUT2D eigenvalue weighted by atomic mass is 9.47. The molecule has 0 aromatic carbocycles. The van der Waals surface area contributed by atoms with E-state index in [9.17, 15) is 0 Å². The van der Waals surface area contributed by atoms with Gasteiger partial charge >= 0.3 is 0 Å². The summed E-state index contributed by atoms with van der Waals surface area (Å²) >= 11 is 9.23. The molecule has 0 N–H and O–H groups in total. The van der Waals surface area contributed by atoms with Gasteiger partial charge in [-0.2, -0.15) is 0 Å². The van der Waals surface area contributed by atoms with Crippen LogP contribution in [0.15, 0.2) is 11.6 Å². The van der Waals surface area contributed by atoms with Crippen LogP contribution in [0, 0.1) is 28.6 Å². The zero-order chi connectivity index (χ0) is 18.3. The summed E-state index contributed by atoms with van der Waals surface area (Å²) < 4.78 is 1.06. The van der Waals surface area contributed by atoms with Crippen LogP contribution in [0.25, 0.3) is 0 Å². The summed E-state index contributed by atoms with van der Waals surface area (Å²) in [6.45, 7) is 5.42. The lowest BCUT2D eigenvalue weighted by molar-refractivity contribution is -0.0370. The molecule has 0 nitrogen and oxygen atoms in total. The molecular formula is C23H34S4. The van der Waals surface area contributed by atoms with Gasteiger partial charge in [0.1, 0.15) is 0 Å². The SMILES string of the molecule is C[C@]12CCC3(C=C1CC[C@@H]1C2CC[C@@]2(C)C1CCC21SCCS1)SCCS3. The standard InChI is InChI=1S/C23H34S4/c1-20-9-10-22(24-11-12-25-22)15-16(20)3-4-17-18(20)5-7-21(2)19(17)6-8-23(21)26-13-14-27-23/h15,17-19H,3-14H2,1-2H3/t17-,18?,19?,20+,21+/m1/s1. The number of rotatable bonds is 0. The summed E-state index contributed by atoms with van der Waals surface area (Å²) in [4.78, 5) is 0. The molecule has 4 heteroatoms. The Morgan fingerprint density at radius 1 is 0.778 bits per heavy atom. The van der Waals surface area contributed by atoms with Gasteiger partial charge in [-0.05, 0) is 80.0 Å². The Balaban J connectivity index is 1.32. The predicted octanol–water partition coefficient (Wildman–Crippen LogP) is 7.30. The second kappa shape index (κ2) is 6.33. The van der Waals surface area contributed by atoms with E-state index in [1.807, 2.05) is 5.57 Å². The average Bonchev–Trinajstić information content (AvgIpc) is 3.38. The number of fused-ring (bicyclic) bond motifs is 6. The lowest BCUT2D eigenvalue weighted by Crippen LogP contribution is -2.53. The lowest BCUT2D eigenvalue weighted by Gasteiger charge is -2.60. The molecule has 0 bridgehead atoms. The Kier molecular flexibility index (Phi) is 4.42. The van der Waals surface area contributed by atoms with E-state index in [0.29, 0.717) is 19.0 Å². The minimum Gasteiger partial charge on any atom is -0.143 e. The van der Waals surface area contributed by atoms with Crippen molar-refractivity contribution in [3.63, 3.8) is 0 Å². The van der Waals surface area contributed by atoms with Crippen LogP contribution in [0.2, 0.25) is 0 Å². The molecule has 2 unspecified atom stereocenters. The van der Waals surface area contributed by atoms with Gasteiger partial charge in [-0.25, -0.2) is 0 Å². The Hall–Kier alpha value is 1.14. The highest BCUT2D eigenvalue weighted by Gasteiger charge is 2.65. The molecule has 150 valence electrons. The van der Waals surface area contributed by atoms with Gasteiger partial charge in [0.2, 0.25) is 0 Å². The molecular weight excluding hydrogens is 405 g/mol. The predicted molar refractivity (Wildman–Crippen MR) is 127 cm³/mol. The molecule has 0 aromatic heterocycles. The fourth-order valence-electron chi connectivity index (χ4n) is 8.27.